The van der Waals surface area contributed by atoms with Crippen LogP contribution in [0.4, 0.5) is 0 Å². The summed E-state index contributed by atoms with van der Waals surface area (Å²) in [5.74, 6) is -0.286. The van der Waals surface area contributed by atoms with Crippen molar-refractivity contribution in [2.45, 2.75) is 19.4 Å². The molecule has 0 aromatic heterocycles. The first-order valence-electron chi connectivity index (χ1n) is 5.06. The Bertz CT molecular complexity index is 426. The van der Waals surface area contributed by atoms with Crippen molar-refractivity contribution in [1.29, 1.82) is 0 Å². The maximum atomic E-state index is 11.8. The number of carbonyl (C=O) groups is 1. The van der Waals surface area contributed by atoms with Gasteiger partial charge < -0.3 is 10.4 Å². The maximum Gasteiger partial charge on any atom is 0.252 e. The predicted octanol–water partition coefficient (Wildman–Crippen LogP) is 3.10. The van der Waals surface area contributed by atoms with Crippen LogP contribution in [0.1, 0.15) is 23.7 Å². The lowest BCUT2D eigenvalue weighted by Crippen LogP contribution is -2.32. The van der Waals surface area contributed by atoms with Crippen LogP contribution in [0, 0.1) is 3.57 Å². The molecule has 0 spiro atoms. The molecular formula is C11H12Cl2INO2. The Labute approximate surface area is 124 Å². The molecule has 0 fully saturated rings. The fourth-order valence-electron chi connectivity index (χ4n) is 1.17. The van der Waals surface area contributed by atoms with E-state index in [0.29, 0.717) is 25.6 Å². The third-order valence-electron chi connectivity index (χ3n) is 2.21. The molecule has 94 valence electrons. The quantitative estimate of drug-likeness (QED) is 0.616. The summed E-state index contributed by atoms with van der Waals surface area (Å²) in [5, 5.41) is 12.9. The van der Waals surface area contributed by atoms with Gasteiger partial charge >= 0.3 is 0 Å². The summed E-state index contributed by atoms with van der Waals surface area (Å²) in [6, 6.07) is 3.14. The van der Waals surface area contributed by atoms with E-state index in [1.807, 2.05) is 29.5 Å². The molecule has 2 N–H and O–H groups in total. The monoisotopic (exact) mass is 387 g/mol. The molecule has 1 amide bonds. The van der Waals surface area contributed by atoms with E-state index in [-0.39, 0.29) is 12.5 Å². The summed E-state index contributed by atoms with van der Waals surface area (Å²) in [6.07, 6.45) is 0.0551. The first-order chi connectivity index (χ1) is 7.95. The predicted molar refractivity (Wildman–Crippen MR) is 77.8 cm³/mol. The van der Waals surface area contributed by atoms with Gasteiger partial charge in [0, 0.05) is 15.1 Å². The molecule has 3 nitrogen and oxygen atoms in total. The van der Waals surface area contributed by atoms with Crippen molar-refractivity contribution in [2.24, 2.45) is 0 Å². The summed E-state index contributed by atoms with van der Waals surface area (Å²) < 4.78 is 0.650. The first kappa shape index (κ1) is 15.0. The minimum absolute atomic E-state index is 0.218. The zero-order valence-corrected chi connectivity index (χ0v) is 12.8. The van der Waals surface area contributed by atoms with Crippen LogP contribution < -0.4 is 5.32 Å². The van der Waals surface area contributed by atoms with Crippen molar-refractivity contribution in [3.05, 3.63) is 31.3 Å². The van der Waals surface area contributed by atoms with Crippen molar-refractivity contribution in [3.63, 3.8) is 0 Å². The van der Waals surface area contributed by atoms with Crippen molar-refractivity contribution < 1.29 is 9.90 Å². The van der Waals surface area contributed by atoms with Gasteiger partial charge in [-0.1, -0.05) is 30.1 Å². The van der Waals surface area contributed by atoms with E-state index in [0.717, 1.165) is 0 Å². The number of amides is 1. The average molecular weight is 388 g/mol. The number of hydrogen-bond acceptors (Lipinski definition) is 2. The Hall–Kier alpha value is -0.0400. The number of nitrogens with one attached hydrogen (secondary N) is 1. The highest BCUT2D eigenvalue weighted by molar-refractivity contribution is 14.1. The van der Waals surface area contributed by atoms with Crippen LogP contribution >= 0.6 is 45.8 Å². The lowest BCUT2D eigenvalue weighted by Gasteiger charge is -2.11. The molecule has 0 bridgehead atoms. The Balaban J connectivity index is 2.82. The van der Waals surface area contributed by atoms with Crippen molar-refractivity contribution in [2.75, 3.05) is 6.54 Å². The third kappa shape index (κ3) is 4.28. The van der Waals surface area contributed by atoms with Gasteiger partial charge in [0.25, 0.3) is 5.91 Å². The van der Waals surface area contributed by atoms with Gasteiger partial charge in [-0.25, -0.2) is 0 Å². The summed E-state index contributed by atoms with van der Waals surface area (Å²) in [6.45, 7) is 2.06. The maximum absolute atomic E-state index is 11.8. The Morgan fingerprint density at radius 1 is 1.53 bits per heavy atom. The molecule has 1 unspecified atom stereocenters. The van der Waals surface area contributed by atoms with E-state index in [1.165, 1.54) is 0 Å². The van der Waals surface area contributed by atoms with E-state index >= 15 is 0 Å². The molecule has 17 heavy (non-hydrogen) atoms. The van der Waals surface area contributed by atoms with Crippen LogP contribution in [0.3, 0.4) is 0 Å². The van der Waals surface area contributed by atoms with Crippen molar-refractivity contribution in [3.8, 4) is 0 Å². The highest BCUT2D eigenvalue weighted by Gasteiger charge is 2.14. The zero-order chi connectivity index (χ0) is 13.0. The highest BCUT2D eigenvalue weighted by atomic mass is 127. The number of hydrogen-bond donors (Lipinski definition) is 2. The molecule has 0 aliphatic rings. The summed E-state index contributed by atoms with van der Waals surface area (Å²) in [5.41, 5.74) is 0.423. The molecule has 0 radical (unpaired) electrons. The lowest BCUT2D eigenvalue weighted by atomic mass is 10.2. The van der Waals surface area contributed by atoms with Gasteiger partial charge in [0.1, 0.15) is 0 Å². The van der Waals surface area contributed by atoms with Gasteiger partial charge in [0.2, 0.25) is 0 Å². The van der Waals surface area contributed by atoms with Gasteiger partial charge in [0.05, 0.1) is 16.7 Å². The lowest BCUT2D eigenvalue weighted by molar-refractivity contribution is 0.0913. The third-order valence-corrected chi connectivity index (χ3v) is 4.20. The second kappa shape index (κ2) is 6.78. The Kier molecular flexibility index (Phi) is 5.99. The molecule has 1 aromatic carbocycles. The fraction of sp³-hybridized carbons (Fsp3) is 0.364. The van der Waals surface area contributed by atoms with Gasteiger partial charge in [-0.2, -0.15) is 0 Å². The number of rotatable bonds is 4. The largest absolute Gasteiger partial charge is 0.391 e. The minimum atomic E-state index is -0.536. The molecule has 1 rings (SSSR count). The smallest absolute Gasteiger partial charge is 0.252 e. The minimum Gasteiger partial charge on any atom is -0.391 e. The SMILES string of the molecule is CCC(O)CNC(=O)c1cc(Cl)cc(Cl)c1I. The molecule has 1 aromatic rings. The molecule has 0 aliphatic carbocycles. The van der Waals surface area contributed by atoms with Crippen LogP contribution in [0.5, 0.6) is 0 Å². The number of benzene rings is 1. The zero-order valence-electron chi connectivity index (χ0n) is 9.14. The van der Waals surface area contributed by atoms with Crippen molar-refractivity contribution in [1.82, 2.24) is 5.32 Å². The molecular weight excluding hydrogens is 376 g/mol. The van der Waals surface area contributed by atoms with E-state index in [4.69, 9.17) is 23.2 Å². The molecule has 0 aliphatic heterocycles. The Morgan fingerprint density at radius 3 is 2.76 bits per heavy atom. The standard InChI is InChI=1S/C11H12Cl2INO2/c1-2-7(16)5-15-11(17)8-3-6(12)4-9(13)10(8)14/h3-4,7,16H,2,5H2,1H3,(H,15,17). The van der Waals surface area contributed by atoms with Crippen LogP contribution in [0.25, 0.3) is 0 Å². The van der Waals surface area contributed by atoms with E-state index < -0.39 is 6.10 Å². The van der Waals surface area contributed by atoms with Gasteiger partial charge in [-0.3, -0.25) is 4.79 Å². The van der Waals surface area contributed by atoms with Gasteiger partial charge in [0.15, 0.2) is 0 Å². The number of aliphatic hydroxyl groups is 1. The van der Waals surface area contributed by atoms with Crippen LogP contribution in [0.2, 0.25) is 10.0 Å². The second-order valence-corrected chi connectivity index (χ2v) is 5.44. The highest BCUT2D eigenvalue weighted by Crippen LogP contribution is 2.26. The van der Waals surface area contributed by atoms with Gasteiger partial charge in [-0.05, 0) is 41.1 Å². The number of aliphatic hydroxyl groups excluding tert-OH is 1. The topological polar surface area (TPSA) is 49.3 Å². The van der Waals surface area contributed by atoms with Crippen LogP contribution in [0.15, 0.2) is 12.1 Å². The van der Waals surface area contributed by atoms with Crippen LogP contribution in [-0.2, 0) is 0 Å². The Morgan fingerprint density at radius 2 is 2.18 bits per heavy atom. The summed E-state index contributed by atoms with van der Waals surface area (Å²) in [4.78, 5) is 11.8. The fourth-order valence-corrected chi connectivity index (χ4v) is 2.22. The molecule has 1 atom stereocenters. The second-order valence-electron chi connectivity index (χ2n) is 3.52. The molecule has 0 saturated carbocycles. The van der Waals surface area contributed by atoms with E-state index in [9.17, 15) is 9.90 Å². The van der Waals surface area contributed by atoms with E-state index in [2.05, 4.69) is 5.32 Å². The molecule has 0 heterocycles. The summed E-state index contributed by atoms with van der Waals surface area (Å²) >= 11 is 13.8. The van der Waals surface area contributed by atoms with Crippen LogP contribution in [-0.4, -0.2) is 23.7 Å². The van der Waals surface area contributed by atoms with Crippen molar-refractivity contribution >= 4 is 51.7 Å². The first-order valence-corrected chi connectivity index (χ1v) is 6.90. The summed E-state index contributed by atoms with van der Waals surface area (Å²) in [7, 11) is 0. The number of halogens is 3. The molecule has 0 saturated heterocycles. The molecule has 6 heteroatoms. The number of carbonyl (C=O) groups excluding carboxylic acids is 1. The van der Waals surface area contributed by atoms with Gasteiger partial charge in [-0.15, -0.1) is 0 Å². The van der Waals surface area contributed by atoms with E-state index in [1.54, 1.807) is 12.1 Å². The average Bonchev–Trinajstić information content (AvgIpc) is 2.30. The normalized spacial score (nSPS) is 12.3.